The third-order valence-electron chi connectivity index (χ3n) is 1.75. The van der Waals surface area contributed by atoms with Crippen molar-refractivity contribution in [2.75, 3.05) is 0 Å². The number of carbonyl (C=O) groups is 1. The summed E-state index contributed by atoms with van der Waals surface area (Å²) in [6, 6.07) is 7.09. The molecule has 0 bridgehead atoms. The Morgan fingerprint density at radius 3 is 2.62 bits per heavy atom. The average molecular weight is 346 g/mol. The van der Waals surface area contributed by atoms with Crippen LogP contribution in [0.5, 0.6) is 0 Å². The van der Waals surface area contributed by atoms with Crippen LogP contribution in [0.4, 0.5) is 0 Å². The molecule has 0 aliphatic heterocycles. The second-order valence-corrected chi connectivity index (χ2v) is 4.05. The van der Waals surface area contributed by atoms with E-state index in [4.69, 9.17) is 0 Å². The van der Waals surface area contributed by atoms with Gasteiger partial charge in [0, 0.05) is 0 Å². The monoisotopic (exact) mass is 346 g/mol. The molecular formula is C10H10O2W. The summed E-state index contributed by atoms with van der Waals surface area (Å²) in [6.45, 7) is 1.83. The summed E-state index contributed by atoms with van der Waals surface area (Å²) < 4.78 is 0.325. The first kappa shape index (κ1) is 10.5. The van der Waals surface area contributed by atoms with Crippen molar-refractivity contribution in [3.05, 3.63) is 35.4 Å². The van der Waals surface area contributed by atoms with Gasteiger partial charge in [0.2, 0.25) is 0 Å². The molecule has 2 nitrogen and oxygen atoms in total. The van der Waals surface area contributed by atoms with E-state index in [0.717, 1.165) is 24.9 Å². The van der Waals surface area contributed by atoms with E-state index in [9.17, 15) is 9.90 Å². The molecule has 0 radical (unpaired) electrons. The van der Waals surface area contributed by atoms with Gasteiger partial charge in [-0.15, -0.1) is 0 Å². The van der Waals surface area contributed by atoms with Crippen molar-refractivity contribution in [3.63, 3.8) is 0 Å². The molecule has 0 heterocycles. The summed E-state index contributed by atoms with van der Waals surface area (Å²) in [4.78, 5) is 11.3. The number of ketones is 1. The van der Waals surface area contributed by atoms with E-state index in [0.29, 0.717) is 16.1 Å². The third kappa shape index (κ3) is 2.68. The molecule has 0 unspecified atom stereocenters. The molecule has 1 aromatic rings. The van der Waals surface area contributed by atoms with E-state index in [2.05, 4.69) is 0 Å². The Hall–Kier alpha value is -0.592. The fraction of sp³-hybridized carbons (Fsp3) is 0.200. The van der Waals surface area contributed by atoms with E-state index in [1.807, 2.05) is 6.92 Å². The van der Waals surface area contributed by atoms with Gasteiger partial charge in [-0.05, 0) is 0 Å². The zero-order valence-electron chi connectivity index (χ0n) is 7.28. The van der Waals surface area contributed by atoms with Crippen LogP contribution in [0.15, 0.2) is 24.3 Å². The first-order valence-electron chi connectivity index (χ1n) is 4.01. The Balaban J connectivity index is 3.05. The summed E-state index contributed by atoms with van der Waals surface area (Å²) in [5.41, 5.74) is 1.42. The van der Waals surface area contributed by atoms with Crippen molar-refractivity contribution in [1.29, 1.82) is 0 Å². The van der Waals surface area contributed by atoms with Gasteiger partial charge in [-0.25, -0.2) is 0 Å². The van der Waals surface area contributed by atoms with E-state index < -0.39 is 0 Å². The van der Waals surface area contributed by atoms with Gasteiger partial charge in [0.25, 0.3) is 0 Å². The van der Waals surface area contributed by atoms with Crippen molar-refractivity contribution >= 4 is 9.87 Å². The van der Waals surface area contributed by atoms with Gasteiger partial charge in [0.05, 0.1) is 0 Å². The van der Waals surface area contributed by atoms with Gasteiger partial charge in [-0.2, -0.15) is 0 Å². The number of carbonyl (C=O) groups excluding carboxylic acids is 1. The van der Waals surface area contributed by atoms with Crippen LogP contribution in [-0.2, 0) is 19.4 Å². The molecule has 0 aliphatic rings. The van der Waals surface area contributed by atoms with E-state index in [-0.39, 0.29) is 5.78 Å². The molecule has 0 spiro atoms. The van der Waals surface area contributed by atoms with Crippen molar-refractivity contribution in [2.45, 2.75) is 13.3 Å². The first-order valence-corrected chi connectivity index (χ1v) is 5.48. The Labute approximate surface area is 88.0 Å². The van der Waals surface area contributed by atoms with Gasteiger partial charge in [0.1, 0.15) is 0 Å². The van der Waals surface area contributed by atoms with E-state index in [1.54, 1.807) is 24.3 Å². The number of benzene rings is 1. The summed E-state index contributed by atoms with van der Waals surface area (Å²) in [5.74, 6) is 0.109. The van der Waals surface area contributed by atoms with Crippen LogP contribution in [0.1, 0.15) is 29.3 Å². The molecular weight excluding hydrogens is 336 g/mol. The standard InChI is InChI=1S/C10H10O2.W/c1-2-10(12)9-5-3-4-8(6-9)7-11;/h3-6,11H,2H2,1H3;. The number of aliphatic hydroxyl groups excluding tert-OH is 1. The van der Waals surface area contributed by atoms with Crippen LogP contribution in [0.25, 0.3) is 0 Å². The van der Waals surface area contributed by atoms with E-state index >= 15 is 0 Å². The summed E-state index contributed by atoms with van der Waals surface area (Å²) in [6.07, 6.45) is 0.501. The van der Waals surface area contributed by atoms with Crippen LogP contribution < -0.4 is 0 Å². The van der Waals surface area contributed by atoms with Gasteiger partial charge in [-0.1, -0.05) is 0 Å². The molecule has 0 aromatic heterocycles. The molecule has 13 heavy (non-hydrogen) atoms. The molecule has 0 saturated heterocycles. The normalized spacial score (nSPS) is 9.69. The maximum absolute atomic E-state index is 11.3. The van der Waals surface area contributed by atoms with Crippen LogP contribution in [-0.4, -0.2) is 15.0 Å². The number of hydrogen-bond donors (Lipinski definition) is 1. The minimum atomic E-state index is 0.109. The topological polar surface area (TPSA) is 37.3 Å². The zero-order valence-corrected chi connectivity index (χ0v) is 10.2. The third-order valence-corrected chi connectivity index (χ3v) is 2.60. The average Bonchev–Trinajstić information content (AvgIpc) is 2.17. The Morgan fingerprint density at radius 1 is 1.46 bits per heavy atom. The quantitative estimate of drug-likeness (QED) is 0.846. The van der Waals surface area contributed by atoms with Gasteiger partial charge in [0.15, 0.2) is 0 Å². The molecule has 68 valence electrons. The second kappa shape index (κ2) is 4.59. The van der Waals surface area contributed by atoms with Gasteiger partial charge >= 0.3 is 87.9 Å². The molecule has 1 N–H and O–H groups in total. The molecule has 0 amide bonds. The first-order chi connectivity index (χ1) is 6.15. The molecule has 1 aromatic carbocycles. The molecule has 0 atom stereocenters. The molecule has 0 saturated carbocycles. The molecule has 3 heteroatoms. The molecule has 0 aliphatic carbocycles. The number of rotatable bonds is 3. The SMILES string of the molecule is CCC(=O)c1cccc([C](O)=[W])c1. The fourth-order valence-corrected chi connectivity index (χ4v) is 1.49. The van der Waals surface area contributed by atoms with Crippen molar-refractivity contribution < 1.29 is 29.3 Å². The van der Waals surface area contributed by atoms with Crippen molar-refractivity contribution in [2.24, 2.45) is 0 Å². The minimum absolute atomic E-state index is 0.109. The Bertz CT molecular complexity index is 345. The Morgan fingerprint density at radius 2 is 2.08 bits per heavy atom. The van der Waals surface area contributed by atoms with Gasteiger partial charge in [-0.3, -0.25) is 0 Å². The molecule has 0 fully saturated rings. The summed E-state index contributed by atoms with van der Waals surface area (Å²) in [7, 11) is 0. The summed E-state index contributed by atoms with van der Waals surface area (Å²) in [5, 5.41) is 9.25. The zero-order chi connectivity index (χ0) is 9.84. The number of hydrogen-bond acceptors (Lipinski definition) is 2. The molecule has 1 rings (SSSR count). The second-order valence-electron chi connectivity index (χ2n) is 2.66. The van der Waals surface area contributed by atoms with Crippen molar-refractivity contribution in [3.8, 4) is 0 Å². The van der Waals surface area contributed by atoms with E-state index in [1.165, 1.54) is 0 Å². The predicted molar refractivity (Wildman–Crippen MR) is 47.1 cm³/mol. The number of aliphatic hydroxyl groups is 1. The fourth-order valence-electron chi connectivity index (χ4n) is 1.03. The van der Waals surface area contributed by atoms with Crippen LogP contribution in [0.2, 0.25) is 0 Å². The van der Waals surface area contributed by atoms with Crippen LogP contribution in [0, 0.1) is 0 Å². The predicted octanol–water partition coefficient (Wildman–Crippen LogP) is 1.68. The number of Topliss-reactive ketones (excluding diaryl/α,β-unsaturated/α-hetero) is 1. The Kier molecular flexibility index (Phi) is 3.70. The van der Waals surface area contributed by atoms with Crippen LogP contribution in [0.3, 0.4) is 0 Å². The maximum atomic E-state index is 11.3. The van der Waals surface area contributed by atoms with Gasteiger partial charge < -0.3 is 0 Å². The van der Waals surface area contributed by atoms with Crippen molar-refractivity contribution in [1.82, 2.24) is 0 Å². The van der Waals surface area contributed by atoms with Crippen LogP contribution >= 0.6 is 0 Å². The summed E-state index contributed by atoms with van der Waals surface area (Å²) >= 11 is 1.01.